The van der Waals surface area contributed by atoms with E-state index >= 15 is 0 Å². The summed E-state index contributed by atoms with van der Waals surface area (Å²) in [5.41, 5.74) is -2.43. The van der Waals surface area contributed by atoms with Crippen LogP contribution in [0.4, 0.5) is 23.2 Å². The van der Waals surface area contributed by atoms with Crippen LogP contribution in [0.15, 0.2) is 60.9 Å². The number of alkyl halides is 3. The van der Waals surface area contributed by atoms with E-state index < -0.39 is 46.2 Å². The second kappa shape index (κ2) is 11.4. The summed E-state index contributed by atoms with van der Waals surface area (Å²) in [4.78, 5) is 34.3. The van der Waals surface area contributed by atoms with E-state index in [0.717, 1.165) is 12.5 Å². The molecule has 1 unspecified atom stereocenters. The summed E-state index contributed by atoms with van der Waals surface area (Å²) >= 11 is 0. The van der Waals surface area contributed by atoms with Crippen molar-refractivity contribution in [1.82, 2.24) is 20.6 Å². The third kappa shape index (κ3) is 6.11. The zero-order chi connectivity index (χ0) is 28.2. The lowest BCUT2D eigenvalue weighted by atomic mass is 9.97. The first-order valence-electron chi connectivity index (χ1n) is 11.9. The summed E-state index contributed by atoms with van der Waals surface area (Å²) in [5, 5.41) is 15.9. The van der Waals surface area contributed by atoms with E-state index in [1.165, 1.54) is 19.4 Å². The van der Waals surface area contributed by atoms with Gasteiger partial charge < -0.3 is 21.4 Å². The van der Waals surface area contributed by atoms with Crippen molar-refractivity contribution in [3.8, 4) is 11.3 Å². The van der Waals surface area contributed by atoms with Crippen LogP contribution in [0.1, 0.15) is 46.1 Å². The lowest BCUT2D eigenvalue weighted by Gasteiger charge is -2.21. The summed E-state index contributed by atoms with van der Waals surface area (Å²) in [6.07, 6.45) is -0.0906. The van der Waals surface area contributed by atoms with E-state index in [9.17, 15) is 27.2 Å². The highest BCUT2D eigenvalue weighted by Crippen LogP contribution is 2.35. The number of rotatable bonds is 7. The minimum Gasteiger partial charge on any atom is -0.394 e. The van der Waals surface area contributed by atoms with Gasteiger partial charge in [0.2, 0.25) is 5.91 Å². The molecule has 4 rings (SSSR count). The average molecular weight is 541 g/mol. The monoisotopic (exact) mass is 540 g/mol. The summed E-state index contributed by atoms with van der Waals surface area (Å²) in [5.74, 6) is -3.02. The molecule has 1 saturated heterocycles. The Balaban J connectivity index is 1.75. The molecule has 2 aromatic carbocycles. The largest absolute Gasteiger partial charge is 0.417 e. The van der Waals surface area contributed by atoms with Gasteiger partial charge in [-0.25, -0.2) is 14.4 Å². The Morgan fingerprint density at radius 3 is 2.59 bits per heavy atom. The number of benzene rings is 2. The minimum absolute atomic E-state index is 0.0668. The van der Waals surface area contributed by atoms with Crippen molar-refractivity contribution in [1.29, 1.82) is 5.41 Å². The average Bonchev–Trinajstić information content (AvgIpc) is 2.92. The molecule has 4 N–H and O–H groups in total. The maximum absolute atomic E-state index is 14.9. The maximum atomic E-state index is 14.9. The molecule has 1 aliphatic heterocycles. The van der Waals surface area contributed by atoms with Crippen LogP contribution in [0.5, 0.6) is 0 Å². The van der Waals surface area contributed by atoms with E-state index in [4.69, 9.17) is 5.41 Å². The van der Waals surface area contributed by atoms with Gasteiger partial charge in [0.15, 0.2) is 0 Å². The predicted molar refractivity (Wildman–Crippen MR) is 137 cm³/mol. The van der Waals surface area contributed by atoms with E-state index in [1.54, 1.807) is 30.3 Å². The van der Waals surface area contributed by atoms with E-state index in [2.05, 4.69) is 25.9 Å². The molecule has 0 bridgehead atoms. The molecule has 2 amide bonds. The highest BCUT2D eigenvalue weighted by Gasteiger charge is 2.36. The molecule has 39 heavy (non-hydrogen) atoms. The second-order valence-corrected chi connectivity index (χ2v) is 8.71. The molecule has 1 atom stereocenters. The molecule has 12 heteroatoms. The zero-order valence-electron chi connectivity index (χ0n) is 20.7. The number of carbonyl (C=O) groups is 2. The molecule has 0 spiro atoms. The van der Waals surface area contributed by atoms with Crippen LogP contribution in [0.2, 0.25) is 0 Å². The van der Waals surface area contributed by atoms with Crippen molar-refractivity contribution in [2.75, 3.05) is 18.9 Å². The molecular formula is C27H24F4N6O2. The van der Waals surface area contributed by atoms with E-state index in [-0.39, 0.29) is 29.2 Å². The molecule has 8 nitrogen and oxygen atoms in total. The molecule has 2 heterocycles. The Kier molecular flexibility index (Phi) is 8.03. The predicted octanol–water partition coefficient (Wildman–Crippen LogP) is 4.65. The number of amides is 2. The molecule has 1 aliphatic rings. The fourth-order valence-electron chi connectivity index (χ4n) is 4.14. The maximum Gasteiger partial charge on any atom is 0.417 e. The van der Waals surface area contributed by atoms with Crippen LogP contribution < -0.4 is 16.0 Å². The van der Waals surface area contributed by atoms with Gasteiger partial charge >= 0.3 is 6.18 Å². The van der Waals surface area contributed by atoms with Crippen molar-refractivity contribution in [3.05, 3.63) is 89.3 Å². The summed E-state index contributed by atoms with van der Waals surface area (Å²) in [6.45, 7) is 0.553. The Morgan fingerprint density at radius 1 is 1.18 bits per heavy atom. The SMILES string of the molecule is CN/C=C\C(=N)c1cc(C(=O)Nc2cnc(C3CCCNC3=O)nc2-c2ccccc2)c(F)cc1C(F)(F)F. The Morgan fingerprint density at radius 2 is 1.92 bits per heavy atom. The highest BCUT2D eigenvalue weighted by atomic mass is 19.4. The third-order valence-electron chi connectivity index (χ3n) is 6.06. The number of piperidine rings is 1. The smallest absolute Gasteiger partial charge is 0.394 e. The fourth-order valence-corrected chi connectivity index (χ4v) is 4.14. The van der Waals surface area contributed by atoms with E-state index in [1.807, 2.05) is 0 Å². The Labute approximate surface area is 221 Å². The summed E-state index contributed by atoms with van der Waals surface area (Å²) in [7, 11) is 1.50. The topological polar surface area (TPSA) is 120 Å². The van der Waals surface area contributed by atoms with Crippen molar-refractivity contribution in [2.45, 2.75) is 24.9 Å². The third-order valence-corrected chi connectivity index (χ3v) is 6.06. The van der Waals surface area contributed by atoms with Gasteiger partial charge in [0, 0.05) is 24.7 Å². The van der Waals surface area contributed by atoms with Crippen LogP contribution in [0, 0.1) is 11.2 Å². The Bertz CT molecular complexity index is 1440. The summed E-state index contributed by atoms with van der Waals surface area (Å²) in [6, 6.07) is 9.58. The normalized spacial score (nSPS) is 15.6. The number of carbonyl (C=O) groups excluding carboxylic acids is 2. The standard InChI is InChI=1S/C27H24F4N6O2/c1-33-11-9-21(32)17-12-18(20(28)13-19(17)27(29,30)31)26(39)36-22-14-35-24(16-8-5-10-34-25(16)38)37-23(22)15-6-3-2-4-7-15/h2-4,6-7,9,11-14,16,32-33H,5,8,10H2,1H3,(H,34,38)(H,36,39)/b11-9-,32-21?. The van der Waals surface area contributed by atoms with Crippen LogP contribution in [0.25, 0.3) is 11.3 Å². The number of anilines is 1. The number of hydrogen-bond acceptors (Lipinski definition) is 6. The second-order valence-electron chi connectivity index (χ2n) is 8.71. The number of halogens is 4. The lowest BCUT2D eigenvalue weighted by molar-refractivity contribution is -0.137. The lowest BCUT2D eigenvalue weighted by Crippen LogP contribution is -2.36. The van der Waals surface area contributed by atoms with Crippen LogP contribution in [-0.2, 0) is 11.0 Å². The Hall–Kier alpha value is -4.61. The number of nitrogens with zero attached hydrogens (tertiary/aromatic N) is 2. The number of hydrogen-bond donors (Lipinski definition) is 4. The first kappa shape index (κ1) is 27.4. The molecule has 3 aromatic rings. The van der Waals surface area contributed by atoms with Gasteiger partial charge in [0.25, 0.3) is 5.91 Å². The van der Waals surface area contributed by atoms with Gasteiger partial charge in [-0.3, -0.25) is 9.59 Å². The van der Waals surface area contributed by atoms with Gasteiger partial charge in [-0.2, -0.15) is 13.2 Å². The van der Waals surface area contributed by atoms with Gasteiger partial charge in [-0.15, -0.1) is 0 Å². The van der Waals surface area contributed by atoms with Crippen molar-refractivity contribution < 1.29 is 27.2 Å². The number of aromatic nitrogens is 2. The van der Waals surface area contributed by atoms with Crippen molar-refractivity contribution in [3.63, 3.8) is 0 Å². The summed E-state index contributed by atoms with van der Waals surface area (Å²) < 4.78 is 55.7. The number of allylic oxidation sites excluding steroid dienone is 1. The molecule has 0 aliphatic carbocycles. The van der Waals surface area contributed by atoms with Crippen LogP contribution in [0.3, 0.4) is 0 Å². The molecule has 0 radical (unpaired) electrons. The van der Waals surface area contributed by atoms with Crippen molar-refractivity contribution >= 4 is 23.2 Å². The quantitative estimate of drug-likeness (QED) is 0.257. The van der Waals surface area contributed by atoms with Crippen LogP contribution in [-0.4, -0.2) is 41.1 Å². The highest BCUT2D eigenvalue weighted by molar-refractivity contribution is 6.11. The molecule has 0 saturated carbocycles. The van der Waals surface area contributed by atoms with Gasteiger partial charge in [-0.1, -0.05) is 30.3 Å². The van der Waals surface area contributed by atoms with Gasteiger partial charge in [0.1, 0.15) is 11.6 Å². The fraction of sp³-hybridized carbons (Fsp3) is 0.222. The van der Waals surface area contributed by atoms with Crippen LogP contribution >= 0.6 is 0 Å². The van der Waals surface area contributed by atoms with E-state index in [0.29, 0.717) is 24.6 Å². The number of nitrogens with one attached hydrogen (secondary N) is 4. The van der Waals surface area contributed by atoms with Crippen molar-refractivity contribution in [2.24, 2.45) is 0 Å². The van der Waals surface area contributed by atoms with Gasteiger partial charge in [-0.05, 0) is 37.3 Å². The zero-order valence-corrected chi connectivity index (χ0v) is 20.7. The molecule has 202 valence electrons. The molecule has 1 aromatic heterocycles. The minimum atomic E-state index is -4.96. The first-order valence-corrected chi connectivity index (χ1v) is 11.9. The molecular weight excluding hydrogens is 516 g/mol. The van der Waals surface area contributed by atoms with Gasteiger partial charge in [0.05, 0.1) is 40.3 Å². The molecule has 1 fully saturated rings. The first-order chi connectivity index (χ1) is 18.6.